The topological polar surface area (TPSA) is 43.4 Å². The number of esters is 2. The minimum atomic E-state index is -0.389. The van der Waals surface area contributed by atoms with E-state index in [1.165, 1.54) is 0 Å². The Hall–Kier alpha value is -0.860. The Morgan fingerprint density at radius 3 is 1.83 bits per heavy atom. The van der Waals surface area contributed by atoms with Gasteiger partial charge in [0, 0.05) is 0 Å². The van der Waals surface area contributed by atoms with E-state index in [4.69, 9.17) is 0 Å². The summed E-state index contributed by atoms with van der Waals surface area (Å²) in [7, 11) is 0. The van der Waals surface area contributed by atoms with Crippen molar-refractivity contribution in [2.75, 3.05) is 0 Å². The van der Waals surface area contributed by atoms with Crippen LogP contribution >= 0.6 is 0 Å². The third-order valence-corrected chi connectivity index (χ3v) is 2.26. The standard InChI is InChI=1S/C9H14O3/c1-5-6(9(2,3)4)8(11)12-7(5)10/h5-6H,1-4H3. The lowest BCUT2D eigenvalue weighted by atomic mass is 9.75. The monoisotopic (exact) mass is 170 g/mol. The Kier molecular flexibility index (Phi) is 1.98. The van der Waals surface area contributed by atoms with Gasteiger partial charge in [0.15, 0.2) is 0 Å². The second kappa shape index (κ2) is 2.57. The van der Waals surface area contributed by atoms with Gasteiger partial charge in [0.1, 0.15) is 0 Å². The maximum absolute atomic E-state index is 11.2. The van der Waals surface area contributed by atoms with Gasteiger partial charge < -0.3 is 4.74 Å². The molecule has 1 aliphatic heterocycles. The first-order valence-electron chi connectivity index (χ1n) is 4.09. The molecule has 3 nitrogen and oxygen atoms in total. The van der Waals surface area contributed by atoms with Crippen molar-refractivity contribution < 1.29 is 14.3 Å². The van der Waals surface area contributed by atoms with Crippen LogP contribution in [-0.2, 0) is 14.3 Å². The first kappa shape index (κ1) is 9.23. The van der Waals surface area contributed by atoms with Crippen molar-refractivity contribution in [1.29, 1.82) is 0 Å². The quantitative estimate of drug-likeness (QED) is 0.407. The molecule has 1 saturated heterocycles. The predicted molar refractivity (Wildman–Crippen MR) is 43.2 cm³/mol. The molecule has 0 aromatic carbocycles. The van der Waals surface area contributed by atoms with E-state index in [0.717, 1.165) is 0 Å². The Labute approximate surface area is 72.1 Å². The summed E-state index contributed by atoms with van der Waals surface area (Å²) < 4.78 is 4.53. The molecule has 0 amide bonds. The smallest absolute Gasteiger partial charge is 0.317 e. The van der Waals surface area contributed by atoms with Crippen molar-refractivity contribution in [1.82, 2.24) is 0 Å². The fraction of sp³-hybridized carbons (Fsp3) is 0.778. The van der Waals surface area contributed by atoms with Crippen molar-refractivity contribution in [2.45, 2.75) is 27.7 Å². The van der Waals surface area contributed by atoms with E-state index in [2.05, 4.69) is 4.74 Å². The second-order valence-electron chi connectivity index (χ2n) is 4.37. The number of carbonyl (C=O) groups excluding carboxylic acids is 2. The van der Waals surface area contributed by atoms with Crippen LogP contribution in [0.3, 0.4) is 0 Å². The fourth-order valence-electron chi connectivity index (χ4n) is 1.70. The molecular weight excluding hydrogens is 156 g/mol. The third kappa shape index (κ3) is 1.36. The molecule has 1 aliphatic rings. The Balaban J connectivity index is 2.91. The van der Waals surface area contributed by atoms with Crippen molar-refractivity contribution in [3.05, 3.63) is 0 Å². The first-order chi connectivity index (χ1) is 5.34. The Bertz CT molecular complexity index is 224. The van der Waals surface area contributed by atoms with Gasteiger partial charge in [-0.1, -0.05) is 27.7 Å². The van der Waals surface area contributed by atoms with Crippen molar-refractivity contribution >= 4 is 11.9 Å². The summed E-state index contributed by atoms with van der Waals surface area (Å²) in [5, 5.41) is 0. The summed E-state index contributed by atoms with van der Waals surface area (Å²) in [4.78, 5) is 22.2. The van der Waals surface area contributed by atoms with Crippen LogP contribution < -0.4 is 0 Å². The normalized spacial score (nSPS) is 30.7. The van der Waals surface area contributed by atoms with Gasteiger partial charge in [0.25, 0.3) is 0 Å². The number of rotatable bonds is 0. The molecule has 3 heteroatoms. The average Bonchev–Trinajstić information content (AvgIpc) is 2.05. The highest BCUT2D eigenvalue weighted by molar-refractivity contribution is 5.96. The van der Waals surface area contributed by atoms with Crippen molar-refractivity contribution in [2.24, 2.45) is 17.3 Å². The summed E-state index contributed by atoms with van der Waals surface area (Å²) in [5.74, 6) is -1.34. The van der Waals surface area contributed by atoms with Crippen molar-refractivity contribution in [3.63, 3.8) is 0 Å². The van der Waals surface area contributed by atoms with Gasteiger partial charge >= 0.3 is 11.9 Å². The fourth-order valence-corrected chi connectivity index (χ4v) is 1.70. The van der Waals surface area contributed by atoms with Gasteiger partial charge in [0.05, 0.1) is 11.8 Å². The van der Waals surface area contributed by atoms with E-state index in [1.54, 1.807) is 6.92 Å². The highest BCUT2D eigenvalue weighted by Crippen LogP contribution is 2.37. The molecule has 1 rings (SSSR count). The molecule has 12 heavy (non-hydrogen) atoms. The van der Waals surface area contributed by atoms with E-state index in [0.29, 0.717) is 0 Å². The SMILES string of the molecule is CC1C(=O)OC(=O)C1C(C)(C)C. The van der Waals surface area contributed by atoms with Crippen LogP contribution in [0.1, 0.15) is 27.7 Å². The summed E-state index contributed by atoms with van der Waals surface area (Å²) >= 11 is 0. The predicted octanol–water partition coefficient (Wildman–Crippen LogP) is 1.37. The van der Waals surface area contributed by atoms with Crippen LogP contribution in [0.15, 0.2) is 0 Å². The van der Waals surface area contributed by atoms with Crippen LogP contribution in [0.25, 0.3) is 0 Å². The van der Waals surface area contributed by atoms with Crippen molar-refractivity contribution in [3.8, 4) is 0 Å². The molecule has 2 unspecified atom stereocenters. The number of ether oxygens (including phenoxy) is 1. The van der Waals surface area contributed by atoms with Gasteiger partial charge in [-0.25, -0.2) is 0 Å². The Morgan fingerprint density at radius 1 is 1.17 bits per heavy atom. The van der Waals surface area contributed by atoms with Gasteiger partial charge in [-0.3, -0.25) is 9.59 Å². The molecule has 0 radical (unpaired) electrons. The van der Waals surface area contributed by atoms with Crippen LogP contribution in [0.2, 0.25) is 0 Å². The highest BCUT2D eigenvalue weighted by atomic mass is 16.6. The first-order valence-corrected chi connectivity index (χ1v) is 4.09. The zero-order chi connectivity index (χ0) is 9.52. The second-order valence-corrected chi connectivity index (χ2v) is 4.37. The molecule has 0 N–H and O–H groups in total. The van der Waals surface area contributed by atoms with Crippen LogP contribution in [0, 0.1) is 17.3 Å². The highest BCUT2D eigenvalue weighted by Gasteiger charge is 2.47. The maximum Gasteiger partial charge on any atom is 0.317 e. The lowest BCUT2D eigenvalue weighted by Gasteiger charge is -2.25. The summed E-state index contributed by atoms with van der Waals surface area (Å²) in [6, 6.07) is 0. The van der Waals surface area contributed by atoms with E-state index in [-0.39, 0.29) is 29.2 Å². The number of hydrogen-bond acceptors (Lipinski definition) is 3. The molecule has 68 valence electrons. The zero-order valence-corrected chi connectivity index (χ0v) is 7.88. The van der Waals surface area contributed by atoms with Crippen LogP contribution in [0.4, 0.5) is 0 Å². The Morgan fingerprint density at radius 2 is 1.67 bits per heavy atom. The van der Waals surface area contributed by atoms with Crippen LogP contribution in [0.5, 0.6) is 0 Å². The van der Waals surface area contributed by atoms with Crippen LogP contribution in [-0.4, -0.2) is 11.9 Å². The molecule has 0 spiro atoms. The molecule has 2 atom stereocenters. The van der Waals surface area contributed by atoms with Gasteiger partial charge in [0.2, 0.25) is 0 Å². The van der Waals surface area contributed by atoms with Gasteiger partial charge in [-0.15, -0.1) is 0 Å². The maximum atomic E-state index is 11.2. The molecule has 0 bridgehead atoms. The van der Waals surface area contributed by atoms with E-state index in [9.17, 15) is 9.59 Å². The largest absolute Gasteiger partial charge is 0.393 e. The lowest BCUT2D eigenvalue weighted by molar-refractivity contribution is -0.154. The minimum Gasteiger partial charge on any atom is -0.393 e. The molecular formula is C9H14O3. The summed E-state index contributed by atoms with van der Waals surface area (Å²) in [6.07, 6.45) is 0. The average molecular weight is 170 g/mol. The number of carbonyl (C=O) groups is 2. The van der Waals surface area contributed by atoms with E-state index >= 15 is 0 Å². The molecule has 0 saturated carbocycles. The lowest BCUT2D eigenvalue weighted by Crippen LogP contribution is -2.29. The summed E-state index contributed by atoms with van der Waals surface area (Å²) in [6.45, 7) is 7.55. The minimum absolute atomic E-state index is 0.192. The molecule has 1 fully saturated rings. The number of cyclic esters (lactones) is 2. The third-order valence-electron chi connectivity index (χ3n) is 2.26. The summed E-state index contributed by atoms with van der Waals surface area (Å²) in [5.41, 5.74) is -0.192. The molecule has 0 aliphatic carbocycles. The number of hydrogen-bond donors (Lipinski definition) is 0. The molecule has 0 aromatic heterocycles. The zero-order valence-electron chi connectivity index (χ0n) is 7.88. The molecule has 0 aromatic rings. The molecule has 1 heterocycles. The van der Waals surface area contributed by atoms with Gasteiger partial charge in [-0.05, 0) is 5.41 Å². The van der Waals surface area contributed by atoms with E-state index < -0.39 is 0 Å². The van der Waals surface area contributed by atoms with E-state index in [1.807, 2.05) is 20.8 Å². The van der Waals surface area contributed by atoms with Gasteiger partial charge in [-0.2, -0.15) is 0 Å².